The first kappa shape index (κ1) is 27.1. The Balaban J connectivity index is 1.57. The van der Waals surface area contributed by atoms with Crippen LogP contribution < -0.4 is 0 Å². The molecular formula is C35H37S2+. The maximum atomic E-state index is 2.34. The first-order valence-corrected chi connectivity index (χ1v) is 14.5. The summed E-state index contributed by atoms with van der Waals surface area (Å²) < 4.78 is 0. The fraction of sp³-hybridized carbons (Fsp3) is 0.229. The molecule has 0 atom stereocenters. The smallest absolute Gasteiger partial charge is 0.0895 e. The summed E-state index contributed by atoms with van der Waals surface area (Å²) in [5, 5.41) is 0. The minimum atomic E-state index is 0.0969. The van der Waals surface area contributed by atoms with Gasteiger partial charge in [0, 0.05) is 33.6 Å². The van der Waals surface area contributed by atoms with E-state index in [9.17, 15) is 0 Å². The first-order valence-electron chi connectivity index (χ1n) is 12.9. The molecule has 1 aliphatic rings. The second-order valence-corrected chi connectivity index (χ2v) is 13.6. The second-order valence-electron chi connectivity index (χ2n) is 11.4. The van der Waals surface area contributed by atoms with Crippen molar-refractivity contribution < 1.29 is 0 Å². The lowest BCUT2D eigenvalue weighted by molar-refractivity contribution is 0.517. The highest BCUT2D eigenvalue weighted by Crippen LogP contribution is 2.43. The normalized spacial score (nSPS) is 15.9. The van der Waals surface area contributed by atoms with Gasteiger partial charge in [-0.25, -0.2) is 0 Å². The van der Waals surface area contributed by atoms with E-state index in [1.54, 1.807) is 0 Å². The topological polar surface area (TPSA) is 0 Å². The lowest BCUT2D eigenvalue weighted by atomic mass is 9.85. The number of rotatable bonds is 5. The molecule has 0 bridgehead atoms. The third kappa shape index (κ3) is 7.53. The van der Waals surface area contributed by atoms with E-state index >= 15 is 0 Å². The Bertz CT molecular complexity index is 1370. The highest BCUT2D eigenvalue weighted by Gasteiger charge is 2.22. The van der Waals surface area contributed by atoms with Crippen molar-refractivity contribution in [1.29, 1.82) is 0 Å². The van der Waals surface area contributed by atoms with Gasteiger partial charge >= 0.3 is 0 Å². The van der Waals surface area contributed by atoms with Crippen molar-refractivity contribution in [3.8, 4) is 10.4 Å². The largest absolute Gasteiger partial charge is 0.238 e. The Kier molecular flexibility index (Phi) is 8.52. The molecular weight excluding hydrogens is 485 g/mol. The van der Waals surface area contributed by atoms with Crippen molar-refractivity contribution in [2.24, 2.45) is 5.41 Å². The maximum absolute atomic E-state index is 2.34. The van der Waals surface area contributed by atoms with Gasteiger partial charge in [-0.2, -0.15) is 0 Å². The second kappa shape index (κ2) is 11.6. The molecule has 3 aromatic rings. The molecule has 0 amide bonds. The van der Waals surface area contributed by atoms with Crippen LogP contribution in [0.3, 0.4) is 0 Å². The van der Waals surface area contributed by atoms with Crippen LogP contribution in [0, 0.1) is 5.41 Å². The zero-order chi connectivity index (χ0) is 26.5. The van der Waals surface area contributed by atoms with Crippen LogP contribution in [0.25, 0.3) is 21.4 Å². The van der Waals surface area contributed by atoms with Gasteiger partial charge in [0.05, 0.1) is 0 Å². The Morgan fingerprint density at radius 2 is 1.32 bits per heavy atom. The molecule has 0 N–H and O–H groups in total. The summed E-state index contributed by atoms with van der Waals surface area (Å²) >= 11 is 3.67. The summed E-state index contributed by atoms with van der Waals surface area (Å²) in [6, 6.07) is 26.0. The first-order chi connectivity index (χ1) is 17.6. The van der Waals surface area contributed by atoms with Crippen molar-refractivity contribution in [3.63, 3.8) is 0 Å². The molecule has 0 unspecified atom stereocenters. The summed E-state index contributed by atoms with van der Waals surface area (Å²) in [6.07, 6.45) is 15.6. The molecule has 0 saturated carbocycles. The van der Waals surface area contributed by atoms with Crippen molar-refractivity contribution in [2.45, 2.75) is 47.0 Å². The van der Waals surface area contributed by atoms with Crippen LogP contribution in [0.2, 0.25) is 0 Å². The summed E-state index contributed by atoms with van der Waals surface area (Å²) in [7, 11) is 0. The molecule has 2 heterocycles. The Labute approximate surface area is 231 Å². The number of benzene rings is 2. The zero-order valence-corrected chi connectivity index (χ0v) is 24.4. The number of hydrogen-bond acceptors (Lipinski definition) is 1. The van der Waals surface area contributed by atoms with Gasteiger partial charge < -0.3 is 0 Å². The molecule has 0 spiro atoms. The minimum Gasteiger partial charge on any atom is -0.0895 e. The van der Waals surface area contributed by atoms with E-state index in [1.165, 1.54) is 41.8 Å². The fourth-order valence-electron chi connectivity index (χ4n) is 3.93. The molecule has 2 heteroatoms. The van der Waals surface area contributed by atoms with Gasteiger partial charge in [0.1, 0.15) is 0 Å². The monoisotopic (exact) mass is 521 g/mol. The predicted molar refractivity (Wildman–Crippen MR) is 169 cm³/mol. The number of hydrogen-bond donors (Lipinski definition) is 0. The molecule has 1 aliphatic heterocycles. The summed E-state index contributed by atoms with van der Waals surface area (Å²) in [4.78, 5) is 5.13. The standard InChI is InChI=1S/C35H37S2/c1-34(2,3)28-22-30(36-32(24-28)26-16-10-7-11-17-26)20-14-9-15-21-31-23-29(35(4,5)6)25-33(37-31)27-18-12-8-13-19-27/h7-25H,1-6H3/q+1. The lowest BCUT2D eigenvalue weighted by Crippen LogP contribution is -2.11. The molecule has 4 rings (SSSR count). The highest BCUT2D eigenvalue weighted by molar-refractivity contribution is 8.12. The Hall–Kier alpha value is -2.94. The third-order valence-corrected chi connectivity index (χ3v) is 8.34. The van der Waals surface area contributed by atoms with Gasteiger partial charge in [0.15, 0.2) is 0 Å². The Morgan fingerprint density at radius 1 is 0.676 bits per heavy atom. The maximum Gasteiger partial charge on any atom is 0.238 e. The molecule has 0 saturated heterocycles. The van der Waals surface area contributed by atoms with Crippen LogP contribution in [0.1, 0.15) is 57.5 Å². The molecule has 37 heavy (non-hydrogen) atoms. The van der Waals surface area contributed by atoms with Crippen molar-refractivity contribution in [2.75, 3.05) is 0 Å². The minimum absolute atomic E-state index is 0.0969. The molecule has 0 fully saturated rings. The lowest BCUT2D eigenvalue weighted by Gasteiger charge is -2.25. The average Bonchev–Trinajstić information content (AvgIpc) is 2.88. The van der Waals surface area contributed by atoms with Crippen LogP contribution in [0.4, 0.5) is 0 Å². The van der Waals surface area contributed by atoms with E-state index < -0.39 is 0 Å². The summed E-state index contributed by atoms with van der Waals surface area (Å²) in [5.74, 6) is 0. The van der Waals surface area contributed by atoms with Crippen LogP contribution in [0.5, 0.6) is 0 Å². The molecule has 1 aromatic heterocycles. The van der Waals surface area contributed by atoms with Crippen LogP contribution in [0.15, 0.2) is 120 Å². The van der Waals surface area contributed by atoms with Crippen LogP contribution in [-0.4, -0.2) is 0 Å². The Morgan fingerprint density at radius 3 is 1.95 bits per heavy atom. The van der Waals surface area contributed by atoms with Gasteiger partial charge in [-0.3, -0.25) is 0 Å². The van der Waals surface area contributed by atoms with Crippen LogP contribution >= 0.6 is 23.1 Å². The third-order valence-electron chi connectivity index (χ3n) is 6.22. The van der Waals surface area contributed by atoms with Gasteiger partial charge in [0.2, 0.25) is 21.1 Å². The van der Waals surface area contributed by atoms with E-state index in [0.29, 0.717) is 0 Å². The molecule has 0 nitrogen and oxygen atoms in total. The summed E-state index contributed by atoms with van der Waals surface area (Å²) in [5.41, 5.74) is 5.45. The predicted octanol–water partition coefficient (Wildman–Crippen LogP) is 11.2. The molecule has 0 aliphatic carbocycles. The zero-order valence-electron chi connectivity index (χ0n) is 22.8. The van der Waals surface area contributed by atoms with Gasteiger partial charge in [-0.05, 0) is 57.9 Å². The summed E-state index contributed by atoms with van der Waals surface area (Å²) in [6.45, 7) is 13.7. The molecule has 188 valence electrons. The number of allylic oxidation sites excluding steroid dienone is 7. The number of thioether (sulfide) groups is 1. The van der Waals surface area contributed by atoms with E-state index in [1.807, 2.05) is 23.1 Å². The van der Waals surface area contributed by atoms with E-state index in [0.717, 1.165) is 0 Å². The fourth-order valence-corrected chi connectivity index (χ4v) is 5.98. The quantitative estimate of drug-likeness (QED) is 0.238. The van der Waals surface area contributed by atoms with Crippen molar-refractivity contribution >= 4 is 34.1 Å². The average molecular weight is 522 g/mol. The molecule has 0 radical (unpaired) electrons. The van der Waals surface area contributed by atoms with Gasteiger partial charge in [-0.1, -0.05) is 120 Å². The highest BCUT2D eigenvalue weighted by atomic mass is 32.2. The van der Waals surface area contributed by atoms with Gasteiger partial charge in [0.25, 0.3) is 0 Å². The molecule has 2 aromatic carbocycles. The van der Waals surface area contributed by atoms with Crippen molar-refractivity contribution in [3.05, 3.63) is 136 Å². The van der Waals surface area contributed by atoms with Crippen molar-refractivity contribution in [1.82, 2.24) is 0 Å². The van der Waals surface area contributed by atoms with E-state index in [2.05, 4.69) is 157 Å². The SMILES string of the molecule is CC(C)(C)C1=C\C(=C/C=C/C=C/c2cc(C(C)(C)C)cc(-c3ccccc3)[s+]2)SC(c2ccccc2)=C1. The van der Waals surface area contributed by atoms with E-state index in [-0.39, 0.29) is 10.8 Å². The van der Waals surface area contributed by atoms with Crippen LogP contribution in [-0.2, 0) is 5.41 Å². The van der Waals surface area contributed by atoms with Gasteiger partial charge in [-0.15, -0.1) is 0 Å². The van der Waals surface area contributed by atoms with E-state index in [4.69, 9.17) is 0 Å².